The first kappa shape index (κ1) is 29.0. The van der Waals surface area contributed by atoms with Gasteiger partial charge in [0.1, 0.15) is 11.4 Å². The van der Waals surface area contributed by atoms with Crippen molar-refractivity contribution in [3.63, 3.8) is 0 Å². The Labute approximate surface area is 235 Å². The number of aryl methyl sites for hydroxylation is 1. The van der Waals surface area contributed by atoms with E-state index in [-0.39, 0.29) is 55.9 Å². The van der Waals surface area contributed by atoms with Gasteiger partial charge in [-0.1, -0.05) is 18.2 Å². The number of halogens is 3. The Morgan fingerprint density at radius 2 is 1.88 bits per heavy atom. The van der Waals surface area contributed by atoms with Gasteiger partial charge in [0.05, 0.1) is 18.2 Å². The predicted octanol–water partition coefficient (Wildman–Crippen LogP) is 3.21. The topological polar surface area (TPSA) is 119 Å². The maximum atomic E-state index is 13.1. The molecule has 218 valence electrons. The van der Waals surface area contributed by atoms with Crippen molar-refractivity contribution < 1.29 is 36.3 Å². The number of aliphatic imine (C=N–C) groups is 1. The summed E-state index contributed by atoms with van der Waals surface area (Å²) in [5.41, 5.74) is 0.0658. The molecule has 0 bridgehead atoms. The Kier molecular flexibility index (Phi) is 7.55. The van der Waals surface area contributed by atoms with E-state index in [4.69, 9.17) is 0 Å². The maximum Gasteiger partial charge on any atom is 0.416 e. The van der Waals surface area contributed by atoms with E-state index in [9.17, 15) is 36.3 Å². The third-order valence-electron chi connectivity index (χ3n) is 7.84. The number of benzene rings is 2. The number of nitrogens with one attached hydrogen (secondary N) is 1. The fourth-order valence-electron chi connectivity index (χ4n) is 5.46. The van der Waals surface area contributed by atoms with Gasteiger partial charge in [0.2, 0.25) is 15.9 Å². The van der Waals surface area contributed by atoms with E-state index in [1.807, 2.05) is 0 Å². The largest absolute Gasteiger partial charge is 0.416 e. The number of alkyl halides is 3. The molecule has 3 aliphatic rings. The van der Waals surface area contributed by atoms with Gasteiger partial charge in [-0.3, -0.25) is 14.6 Å². The highest BCUT2D eigenvalue weighted by Gasteiger charge is 2.47. The molecule has 5 rings (SSSR count). The molecule has 41 heavy (non-hydrogen) atoms. The number of sulfonamides is 1. The first-order valence-corrected chi connectivity index (χ1v) is 14.6. The summed E-state index contributed by atoms with van der Waals surface area (Å²) < 4.78 is 66.8. The molecule has 2 saturated heterocycles. The van der Waals surface area contributed by atoms with Crippen LogP contribution in [0.2, 0.25) is 0 Å². The highest BCUT2D eigenvalue weighted by atomic mass is 32.2. The van der Waals surface area contributed by atoms with Crippen molar-refractivity contribution in [1.82, 2.24) is 9.62 Å². The summed E-state index contributed by atoms with van der Waals surface area (Å²) in [7, 11) is -3.85. The molecule has 2 N–H and O–H groups in total. The smallest absolute Gasteiger partial charge is 0.394 e. The zero-order chi connectivity index (χ0) is 29.6. The standard InChI is InChI=1S/C28H29F3N4O5S/c1-18-15-22(35-23(17-36)7-8-24(35)37)6-5-19(18)9-14-41(39,40)34-12-10-27(11-13-34)26(38)32-25(33-27)20-3-2-4-21(16-20)28(29,30)31/h2-6,9,14-16,23,36H,7-8,10-13,17H2,1H3,(H,32,33,38)/b14-9+/t23-/m1/s1. The number of anilines is 1. The van der Waals surface area contributed by atoms with Crippen LogP contribution >= 0.6 is 0 Å². The molecule has 0 aliphatic carbocycles. The molecule has 0 radical (unpaired) electrons. The third kappa shape index (κ3) is 5.66. The van der Waals surface area contributed by atoms with Gasteiger partial charge in [-0.2, -0.15) is 17.5 Å². The van der Waals surface area contributed by atoms with Crippen molar-refractivity contribution in [3.05, 3.63) is 70.1 Å². The van der Waals surface area contributed by atoms with Crippen LogP contribution in [0, 0.1) is 6.92 Å². The maximum absolute atomic E-state index is 13.1. The molecule has 9 nitrogen and oxygen atoms in total. The number of amidine groups is 1. The van der Waals surface area contributed by atoms with Crippen molar-refractivity contribution >= 4 is 39.4 Å². The van der Waals surface area contributed by atoms with Crippen LogP contribution < -0.4 is 10.2 Å². The summed E-state index contributed by atoms with van der Waals surface area (Å²) in [5, 5.41) is 13.2. The number of aliphatic hydroxyl groups is 1. The summed E-state index contributed by atoms with van der Waals surface area (Å²) in [4.78, 5) is 31.1. The zero-order valence-electron chi connectivity index (χ0n) is 22.2. The molecule has 0 unspecified atom stereocenters. The Balaban J connectivity index is 1.27. The van der Waals surface area contributed by atoms with Crippen molar-refractivity contribution in [2.24, 2.45) is 4.99 Å². The molecule has 3 aliphatic heterocycles. The number of carbonyl (C=O) groups is 2. The van der Waals surface area contributed by atoms with Crippen LogP contribution in [0.3, 0.4) is 0 Å². The number of carbonyl (C=O) groups excluding carboxylic acids is 2. The molecule has 3 heterocycles. The van der Waals surface area contributed by atoms with Crippen LogP contribution in [0.4, 0.5) is 18.9 Å². The summed E-state index contributed by atoms with van der Waals surface area (Å²) >= 11 is 0. The minimum atomic E-state index is -4.54. The molecule has 0 aromatic heterocycles. The van der Waals surface area contributed by atoms with Crippen molar-refractivity contribution in [3.8, 4) is 0 Å². The van der Waals surface area contributed by atoms with Gasteiger partial charge >= 0.3 is 6.18 Å². The highest BCUT2D eigenvalue weighted by Crippen LogP contribution is 2.34. The summed E-state index contributed by atoms with van der Waals surface area (Å²) in [5.74, 6) is -0.496. The second-order valence-electron chi connectivity index (χ2n) is 10.5. The Morgan fingerprint density at radius 3 is 2.54 bits per heavy atom. The Bertz CT molecular complexity index is 1550. The number of nitrogens with zero attached hydrogens (tertiary/aromatic N) is 3. The normalized spacial score (nSPS) is 21.6. The van der Waals surface area contributed by atoms with Crippen molar-refractivity contribution in [1.29, 1.82) is 0 Å². The van der Waals surface area contributed by atoms with E-state index < -0.39 is 33.2 Å². The first-order valence-electron chi connectivity index (χ1n) is 13.1. The lowest BCUT2D eigenvalue weighted by Gasteiger charge is -2.34. The Morgan fingerprint density at radius 1 is 1.15 bits per heavy atom. The van der Waals surface area contributed by atoms with Crippen LogP contribution in [-0.2, 0) is 25.8 Å². The Hall–Kier alpha value is -3.55. The van der Waals surface area contributed by atoms with Crippen LogP contribution in [0.5, 0.6) is 0 Å². The van der Waals surface area contributed by atoms with E-state index in [2.05, 4.69) is 10.3 Å². The van der Waals surface area contributed by atoms with Crippen molar-refractivity contribution in [2.45, 2.75) is 50.4 Å². The van der Waals surface area contributed by atoms with E-state index in [1.165, 1.54) is 22.5 Å². The lowest BCUT2D eigenvalue weighted by molar-refractivity contribution is -0.137. The number of piperidine rings is 1. The molecule has 2 amide bonds. The number of hydrogen-bond donors (Lipinski definition) is 2. The predicted molar refractivity (Wildman–Crippen MR) is 146 cm³/mol. The molecule has 2 aromatic rings. The van der Waals surface area contributed by atoms with Crippen LogP contribution in [0.25, 0.3) is 6.08 Å². The zero-order valence-corrected chi connectivity index (χ0v) is 23.0. The van der Waals surface area contributed by atoms with E-state index in [0.29, 0.717) is 24.1 Å². The van der Waals surface area contributed by atoms with E-state index >= 15 is 0 Å². The highest BCUT2D eigenvalue weighted by molar-refractivity contribution is 7.92. The lowest BCUT2D eigenvalue weighted by Crippen LogP contribution is -2.50. The molecule has 1 spiro atoms. The second kappa shape index (κ2) is 10.7. The van der Waals surface area contributed by atoms with Gasteiger partial charge in [0.25, 0.3) is 5.91 Å². The molecule has 13 heteroatoms. The van der Waals surface area contributed by atoms with Gasteiger partial charge < -0.3 is 15.3 Å². The number of rotatable bonds is 6. The van der Waals surface area contributed by atoms with Crippen molar-refractivity contribution in [2.75, 3.05) is 24.6 Å². The average Bonchev–Trinajstić information content (AvgIpc) is 3.46. The average molecular weight is 591 g/mol. The lowest BCUT2D eigenvalue weighted by atomic mass is 9.89. The first-order chi connectivity index (χ1) is 19.3. The molecule has 1 atom stereocenters. The van der Waals surface area contributed by atoms with Gasteiger partial charge in [-0.25, -0.2) is 8.42 Å². The van der Waals surface area contributed by atoms with Gasteiger partial charge in [0, 0.05) is 36.2 Å². The summed E-state index contributed by atoms with van der Waals surface area (Å²) in [6, 6.07) is 9.46. The van der Waals surface area contributed by atoms with Gasteiger partial charge in [0.15, 0.2) is 0 Å². The second-order valence-corrected chi connectivity index (χ2v) is 12.3. The quantitative estimate of drug-likeness (QED) is 0.536. The monoisotopic (exact) mass is 590 g/mol. The molecule has 0 saturated carbocycles. The fourth-order valence-corrected chi connectivity index (χ4v) is 6.64. The molecular weight excluding hydrogens is 561 g/mol. The fraction of sp³-hybridized carbons (Fsp3) is 0.393. The summed E-state index contributed by atoms with van der Waals surface area (Å²) in [6.45, 7) is 1.68. The minimum Gasteiger partial charge on any atom is -0.394 e. The van der Waals surface area contributed by atoms with E-state index in [0.717, 1.165) is 23.1 Å². The summed E-state index contributed by atoms with van der Waals surface area (Å²) in [6.07, 6.45) is -1.97. The van der Waals surface area contributed by atoms with Crippen LogP contribution in [0.1, 0.15) is 47.9 Å². The number of amides is 2. The van der Waals surface area contributed by atoms with Gasteiger partial charge in [-0.15, -0.1) is 0 Å². The minimum absolute atomic E-state index is 0.0109. The van der Waals surface area contributed by atoms with Crippen LogP contribution in [-0.4, -0.2) is 66.8 Å². The third-order valence-corrected chi connectivity index (χ3v) is 9.41. The van der Waals surface area contributed by atoms with E-state index in [1.54, 1.807) is 30.0 Å². The molecular formula is C28H29F3N4O5S. The number of hydrogen-bond acceptors (Lipinski definition) is 6. The number of aliphatic hydroxyl groups excluding tert-OH is 1. The SMILES string of the molecule is Cc1cc(N2C(=O)CC[C@@H]2CO)ccc1/C=C/S(=O)(=O)N1CCC2(CC1)N=C(c1cccc(C(F)(F)F)c1)NC2=O. The molecule has 2 aromatic carbocycles. The van der Waals surface area contributed by atoms with Crippen LogP contribution in [0.15, 0.2) is 52.9 Å². The van der Waals surface area contributed by atoms with Gasteiger partial charge in [-0.05, 0) is 67.7 Å². The molecule has 2 fully saturated rings.